The Hall–Kier alpha value is -3.06. The van der Waals surface area contributed by atoms with Gasteiger partial charge in [-0.25, -0.2) is 18.2 Å². The molecule has 1 atom stereocenters. The zero-order valence-electron chi connectivity index (χ0n) is 13.3. The molecule has 0 bridgehead atoms. The zero-order valence-corrected chi connectivity index (χ0v) is 13.3. The highest BCUT2D eigenvalue weighted by atomic mass is 19.3. The average Bonchev–Trinajstić information content (AvgIpc) is 2.83. The summed E-state index contributed by atoms with van der Waals surface area (Å²) in [4.78, 5) is 16.2. The lowest BCUT2D eigenvalue weighted by atomic mass is 9.98. The van der Waals surface area contributed by atoms with E-state index in [1.54, 1.807) is 6.07 Å². The predicted molar refractivity (Wildman–Crippen MR) is 81.4 cm³/mol. The lowest BCUT2D eigenvalue weighted by Gasteiger charge is -2.18. The van der Waals surface area contributed by atoms with Crippen LogP contribution in [0.4, 0.5) is 27.6 Å². The summed E-state index contributed by atoms with van der Waals surface area (Å²) in [5.41, 5.74) is -2.68. The van der Waals surface area contributed by atoms with Crippen LogP contribution in [0.2, 0.25) is 0 Å². The molecule has 0 saturated carbocycles. The van der Waals surface area contributed by atoms with Gasteiger partial charge in [0, 0.05) is 5.56 Å². The Labute approximate surface area is 149 Å². The normalized spacial score (nSPS) is 16.4. The monoisotopic (exact) mass is 383 g/mol. The number of carbonyl (C=O) groups excluding carboxylic acids is 1. The molecule has 1 unspecified atom stereocenters. The van der Waals surface area contributed by atoms with Crippen molar-refractivity contribution in [1.82, 2.24) is 4.98 Å². The number of alkyl halides is 4. The number of carbonyl (C=O) groups is 1. The van der Waals surface area contributed by atoms with E-state index in [0.717, 1.165) is 24.3 Å². The maximum absolute atomic E-state index is 14.5. The molecule has 5 nitrogen and oxygen atoms in total. The molecule has 2 aromatic rings. The number of pyridine rings is 1. The van der Waals surface area contributed by atoms with Crippen LogP contribution in [0.3, 0.4) is 0 Å². The molecule has 1 aromatic carbocycles. The Bertz CT molecular complexity index is 958. The number of aliphatic hydroxyl groups is 1. The molecule has 3 rings (SSSR count). The minimum Gasteiger partial charge on any atom is -0.382 e. The lowest BCUT2D eigenvalue weighted by Crippen LogP contribution is -2.34. The van der Waals surface area contributed by atoms with Gasteiger partial charge in [-0.1, -0.05) is 12.1 Å². The number of amides is 1. The fraction of sp³-hybridized carbons (Fsp3) is 0.235. The first-order valence-electron chi connectivity index (χ1n) is 7.52. The fourth-order valence-electron chi connectivity index (χ4n) is 2.88. The van der Waals surface area contributed by atoms with E-state index >= 15 is 0 Å². The SMILES string of the molecule is N#Cc1cc(CN2C(=O)C(F)(F)c3c(C(O)C(F)F)cccc32)c(F)cn1. The van der Waals surface area contributed by atoms with Crippen molar-refractivity contribution in [2.24, 2.45) is 0 Å². The number of rotatable bonds is 4. The molecule has 1 aliphatic rings. The fourth-order valence-corrected chi connectivity index (χ4v) is 2.88. The lowest BCUT2D eigenvalue weighted by molar-refractivity contribution is -0.142. The molecule has 0 spiro atoms. The van der Waals surface area contributed by atoms with E-state index in [4.69, 9.17) is 5.26 Å². The third kappa shape index (κ3) is 3.00. The molecule has 10 heteroatoms. The van der Waals surface area contributed by atoms with Crippen LogP contribution in [0.15, 0.2) is 30.5 Å². The Morgan fingerprint density at radius 1 is 1.33 bits per heavy atom. The predicted octanol–water partition coefficient (Wildman–Crippen LogP) is 3.03. The first-order valence-corrected chi connectivity index (χ1v) is 7.52. The summed E-state index contributed by atoms with van der Waals surface area (Å²) in [5.74, 6) is -6.85. The molecule has 1 N–H and O–H groups in total. The Morgan fingerprint density at radius 3 is 2.67 bits per heavy atom. The van der Waals surface area contributed by atoms with Gasteiger partial charge in [-0.2, -0.15) is 14.0 Å². The summed E-state index contributed by atoms with van der Waals surface area (Å²) >= 11 is 0. The van der Waals surface area contributed by atoms with Gasteiger partial charge in [0.15, 0.2) is 0 Å². The number of nitrogens with zero attached hydrogens (tertiary/aromatic N) is 3. The van der Waals surface area contributed by atoms with E-state index in [0.29, 0.717) is 11.1 Å². The Balaban J connectivity index is 2.11. The summed E-state index contributed by atoms with van der Waals surface area (Å²) in [6.45, 7) is -0.668. The minimum atomic E-state index is -4.18. The molecule has 0 fully saturated rings. The molecule has 1 amide bonds. The number of aliphatic hydroxyl groups excluding tert-OH is 1. The van der Waals surface area contributed by atoms with Crippen molar-refractivity contribution in [1.29, 1.82) is 5.26 Å². The highest BCUT2D eigenvalue weighted by Crippen LogP contribution is 2.48. The van der Waals surface area contributed by atoms with E-state index in [1.807, 2.05) is 0 Å². The van der Waals surface area contributed by atoms with Crippen LogP contribution in [0, 0.1) is 17.1 Å². The number of halogens is 5. The molecule has 0 aliphatic carbocycles. The third-order valence-electron chi connectivity index (χ3n) is 4.13. The Kier molecular flexibility index (Phi) is 4.57. The van der Waals surface area contributed by atoms with Crippen LogP contribution in [-0.4, -0.2) is 22.4 Å². The third-order valence-corrected chi connectivity index (χ3v) is 4.13. The van der Waals surface area contributed by atoms with Crippen LogP contribution in [-0.2, 0) is 17.3 Å². The van der Waals surface area contributed by atoms with E-state index in [9.17, 15) is 31.9 Å². The molecule has 1 aromatic heterocycles. The second-order valence-corrected chi connectivity index (χ2v) is 5.76. The van der Waals surface area contributed by atoms with Crippen LogP contribution in [0.25, 0.3) is 0 Å². The van der Waals surface area contributed by atoms with Gasteiger partial charge in [-0.05, 0) is 17.7 Å². The van der Waals surface area contributed by atoms with Crippen LogP contribution < -0.4 is 4.90 Å². The number of anilines is 1. The van der Waals surface area contributed by atoms with Gasteiger partial charge in [-0.3, -0.25) is 4.79 Å². The van der Waals surface area contributed by atoms with Crippen molar-refractivity contribution >= 4 is 11.6 Å². The molecule has 0 saturated heterocycles. The van der Waals surface area contributed by atoms with Crippen molar-refractivity contribution in [3.8, 4) is 6.07 Å². The minimum absolute atomic E-state index is 0.188. The van der Waals surface area contributed by atoms with E-state index in [-0.39, 0.29) is 11.3 Å². The number of hydrogen-bond donors (Lipinski definition) is 1. The van der Waals surface area contributed by atoms with Gasteiger partial charge in [-0.15, -0.1) is 0 Å². The summed E-state index contributed by atoms with van der Waals surface area (Å²) in [6.07, 6.45) is -5.14. The standard InChI is InChI=1S/C17H10F5N3O2/c18-11-6-24-9(5-23)4-8(11)7-25-12-3-1-2-10(14(26)15(19)20)13(12)17(21,22)16(25)27/h1-4,6,14-15,26H,7H2. The van der Waals surface area contributed by atoms with Gasteiger partial charge in [0.05, 0.1) is 24.0 Å². The number of fused-ring (bicyclic) bond motifs is 1. The van der Waals surface area contributed by atoms with Crippen molar-refractivity contribution < 1.29 is 31.9 Å². The summed E-state index contributed by atoms with van der Waals surface area (Å²) in [5, 5.41) is 18.4. The number of nitriles is 1. The van der Waals surface area contributed by atoms with Gasteiger partial charge < -0.3 is 10.0 Å². The molecule has 0 radical (unpaired) electrons. The van der Waals surface area contributed by atoms with Crippen LogP contribution in [0.5, 0.6) is 0 Å². The number of benzene rings is 1. The van der Waals surface area contributed by atoms with Gasteiger partial charge in [0.2, 0.25) is 0 Å². The molecule has 1 aliphatic heterocycles. The topological polar surface area (TPSA) is 77.2 Å². The summed E-state index contributed by atoms with van der Waals surface area (Å²) in [6, 6.07) is 5.74. The van der Waals surface area contributed by atoms with E-state index in [1.165, 1.54) is 0 Å². The second-order valence-electron chi connectivity index (χ2n) is 5.76. The van der Waals surface area contributed by atoms with Gasteiger partial charge in [0.1, 0.15) is 23.7 Å². The molecular weight excluding hydrogens is 373 g/mol. The second kappa shape index (κ2) is 6.59. The summed E-state index contributed by atoms with van der Waals surface area (Å²) in [7, 11) is 0. The van der Waals surface area contributed by atoms with Crippen LogP contribution in [0.1, 0.15) is 28.5 Å². The average molecular weight is 383 g/mol. The zero-order chi connectivity index (χ0) is 19.9. The van der Waals surface area contributed by atoms with Crippen molar-refractivity contribution in [3.05, 3.63) is 58.7 Å². The van der Waals surface area contributed by atoms with Gasteiger partial charge in [0.25, 0.3) is 6.43 Å². The van der Waals surface area contributed by atoms with Gasteiger partial charge >= 0.3 is 11.8 Å². The molecular formula is C17H10F5N3O2. The first-order chi connectivity index (χ1) is 12.7. The first kappa shape index (κ1) is 18.7. The molecule has 27 heavy (non-hydrogen) atoms. The van der Waals surface area contributed by atoms with Crippen molar-refractivity contribution in [2.45, 2.75) is 25.0 Å². The Morgan fingerprint density at radius 2 is 2.04 bits per heavy atom. The van der Waals surface area contributed by atoms with Crippen molar-refractivity contribution in [2.75, 3.05) is 4.90 Å². The smallest absolute Gasteiger partial charge is 0.352 e. The number of aromatic nitrogens is 1. The van der Waals surface area contributed by atoms with E-state index < -0.39 is 53.5 Å². The van der Waals surface area contributed by atoms with Crippen molar-refractivity contribution in [3.63, 3.8) is 0 Å². The van der Waals surface area contributed by atoms with E-state index in [2.05, 4.69) is 4.98 Å². The maximum Gasteiger partial charge on any atom is 0.352 e. The van der Waals surface area contributed by atoms with Crippen LogP contribution >= 0.6 is 0 Å². The quantitative estimate of drug-likeness (QED) is 0.824. The summed E-state index contributed by atoms with van der Waals surface area (Å²) < 4.78 is 68.6. The largest absolute Gasteiger partial charge is 0.382 e. The molecule has 140 valence electrons. The molecule has 2 heterocycles. The highest BCUT2D eigenvalue weighted by molar-refractivity contribution is 6.06. The maximum atomic E-state index is 14.5. The highest BCUT2D eigenvalue weighted by Gasteiger charge is 2.55. The number of hydrogen-bond acceptors (Lipinski definition) is 4.